The maximum Gasteiger partial charge on any atom is 0.289 e. The van der Waals surface area contributed by atoms with Gasteiger partial charge in [-0.2, -0.15) is 0 Å². The van der Waals surface area contributed by atoms with Gasteiger partial charge in [-0.25, -0.2) is 13.1 Å². The Morgan fingerprint density at radius 1 is 1.07 bits per heavy atom. The van der Waals surface area contributed by atoms with Crippen LogP contribution in [0.25, 0.3) is 0 Å². The van der Waals surface area contributed by atoms with Gasteiger partial charge in [0.1, 0.15) is 23.1 Å². The monoisotopic (exact) mass is 855 g/mol. The van der Waals surface area contributed by atoms with Gasteiger partial charge >= 0.3 is 0 Å². The third-order valence-electron chi connectivity index (χ3n) is 7.36. The lowest BCUT2D eigenvalue weighted by atomic mass is 9.92. The van der Waals surface area contributed by atoms with Crippen LogP contribution < -0.4 is 14.2 Å². The van der Waals surface area contributed by atoms with Crippen LogP contribution in [0, 0.1) is 10.1 Å². The van der Waals surface area contributed by atoms with Crippen LogP contribution in [0.15, 0.2) is 91.1 Å². The number of nitro groups is 1. The number of rotatable bonds is 10. The van der Waals surface area contributed by atoms with Crippen LogP contribution in [0.4, 0.5) is 5.69 Å². The zero-order valence-electron chi connectivity index (χ0n) is 24.0. The highest BCUT2D eigenvalue weighted by molar-refractivity contribution is 9.11. The molecule has 1 atom stereocenters. The second-order valence-electron chi connectivity index (χ2n) is 10.4. The highest BCUT2D eigenvalue weighted by Gasteiger charge is 2.36. The number of carbonyl (C=O) groups excluding carboxylic acids is 1. The maximum atomic E-state index is 13.8. The van der Waals surface area contributed by atoms with Gasteiger partial charge in [0, 0.05) is 23.6 Å². The van der Waals surface area contributed by atoms with Gasteiger partial charge < -0.3 is 9.47 Å². The maximum absolute atomic E-state index is 13.8. The minimum atomic E-state index is -4.48. The summed E-state index contributed by atoms with van der Waals surface area (Å²) in [5, 5.41) is 11.1. The molecule has 4 aromatic rings. The van der Waals surface area contributed by atoms with E-state index in [0.717, 1.165) is 44.9 Å². The van der Waals surface area contributed by atoms with Crippen molar-refractivity contribution in [2.24, 2.45) is 0 Å². The molecule has 0 aromatic heterocycles. The fraction of sp³-hybridized carbons (Fsp3) is 0.194. The number of amides is 1. The minimum absolute atomic E-state index is 0.172. The summed E-state index contributed by atoms with van der Waals surface area (Å²) in [5.41, 5.74) is 2.93. The molecule has 1 aliphatic heterocycles. The summed E-state index contributed by atoms with van der Waals surface area (Å²) in [6.07, 6.45) is 0.172. The number of sulfonamides is 1. The molecule has 1 N–H and O–H groups in total. The van der Waals surface area contributed by atoms with E-state index in [1.807, 2.05) is 53.4 Å². The number of nitrogens with one attached hydrogen (secondary N) is 1. The van der Waals surface area contributed by atoms with Crippen molar-refractivity contribution in [2.75, 3.05) is 7.11 Å². The van der Waals surface area contributed by atoms with Crippen molar-refractivity contribution in [3.05, 3.63) is 124 Å². The highest BCUT2D eigenvalue weighted by atomic mass is 79.9. The fourth-order valence-corrected chi connectivity index (χ4v) is 8.10. The molecule has 240 valence electrons. The van der Waals surface area contributed by atoms with Gasteiger partial charge in [-0.1, -0.05) is 51.8 Å². The first-order valence-electron chi connectivity index (χ1n) is 13.6. The minimum Gasteiger partial charge on any atom is -0.497 e. The van der Waals surface area contributed by atoms with E-state index in [0.29, 0.717) is 33.6 Å². The molecule has 1 aliphatic rings. The number of nitro benzene ring substituents is 1. The average Bonchev–Trinajstić information content (AvgIpc) is 3.01. The standard InChI is InChI=1S/C31H25Br3ClN3O7S/c1-44-22-4-2-3-19(11-22)15-37-16-24-20(12-25(33)30(29(24)34)45-17-18-5-7-21(32)8-6-18)13-28(37)31(39)36-46(42,43)23-9-10-26(35)27(14-23)38(40)41/h2-12,14,28H,13,15-17H2,1H3,(H,36,39)/t28-/m0/s1. The Morgan fingerprint density at radius 3 is 2.50 bits per heavy atom. The Hall–Kier alpha value is -3.01. The molecule has 0 unspecified atom stereocenters. The fourth-order valence-electron chi connectivity index (χ4n) is 5.05. The smallest absolute Gasteiger partial charge is 0.289 e. The molecule has 0 radical (unpaired) electrons. The van der Waals surface area contributed by atoms with Crippen LogP contribution in [0.1, 0.15) is 22.3 Å². The Morgan fingerprint density at radius 2 is 1.80 bits per heavy atom. The predicted molar refractivity (Wildman–Crippen MR) is 183 cm³/mol. The molecule has 0 aliphatic carbocycles. The van der Waals surface area contributed by atoms with Gasteiger partial charge in [0.25, 0.3) is 21.6 Å². The quantitative estimate of drug-likeness (QED) is 0.128. The number of fused-ring (bicyclic) bond motifs is 1. The number of carbonyl (C=O) groups is 1. The van der Waals surface area contributed by atoms with E-state index in [9.17, 15) is 23.3 Å². The van der Waals surface area contributed by atoms with Crippen molar-refractivity contribution in [3.8, 4) is 11.5 Å². The van der Waals surface area contributed by atoms with E-state index in [1.54, 1.807) is 13.2 Å². The average molecular weight is 859 g/mol. The molecular weight excluding hydrogens is 834 g/mol. The van der Waals surface area contributed by atoms with Crippen LogP contribution in [0.3, 0.4) is 0 Å². The number of methoxy groups -OCH3 is 1. The summed E-state index contributed by atoms with van der Waals surface area (Å²) in [7, 11) is -2.92. The van der Waals surface area contributed by atoms with Crippen molar-refractivity contribution >= 4 is 81.0 Å². The summed E-state index contributed by atoms with van der Waals surface area (Å²) in [5.74, 6) is 0.448. The van der Waals surface area contributed by atoms with Crippen LogP contribution in [0.5, 0.6) is 11.5 Å². The lowest BCUT2D eigenvalue weighted by molar-refractivity contribution is -0.384. The van der Waals surface area contributed by atoms with Crippen LogP contribution in [0.2, 0.25) is 5.02 Å². The van der Waals surface area contributed by atoms with E-state index >= 15 is 0 Å². The normalized spacial score (nSPS) is 14.8. The molecule has 1 heterocycles. The predicted octanol–water partition coefficient (Wildman–Crippen LogP) is 7.56. The van der Waals surface area contributed by atoms with E-state index in [4.69, 9.17) is 21.1 Å². The first-order valence-corrected chi connectivity index (χ1v) is 17.8. The summed E-state index contributed by atoms with van der Waals surface area (Å²) in [6.45, 7) is 0.890. The van der Waals surface area contributed by atoms with E-state index in [1.165, 1.54) is 0 Å². The topological polar surface area (TPSA) is 128 Å². The number of halogens is 4. The molecule has 0 fully saturated rings. The van der Waals surface area contributed by atoms with Crippen molar-refractivity contribution < 1.29 is 27.6 Å². The van der Waals surface area contributed by atoms with E-state index < -0.39 is 37.5 Å². The molecule has 4 aromatic carbocycles. The Labute approximate surface area is 295 Å². The van der Waals surface area contributed by atoms with Crippen molar-refractivity contribution in [1.82, 2.24) is 9.62 Å². The largest absolute Gasteiger partial charge is 0.497 e. The summed E-state index contributed by atoms with van der Waals surface area (Å²) in [4.78, 5) is 25.7. The Balaban J connectivity index is 1.47. The van der Waals surface area contributed by atoms with Gasteiger partial charge in [-0.15, -0.1) is 0 Å². The zero-order valence-corrected chi connectivity index (χ0v) is 30.3. The lowest BCUT2D eigenvalue weighted by Crippen LogP contribution is -2.51. The lowest BCUT2D eigenvalue weighted by Gasteiger charge is -2.37. The van der Waals surface area contributed by atoms with Gasteiger partial charge in [0.05, 0.1) is 31.9 Å². The summed E-state index contributed by atoms with van der Waals surface area (Å²) in [6, 6.07) is 19.2. The van der Waals surface area contributed by atoms with Gasteiger partial charge in [0.2, 0.25) is 0 Å². The molecule has 15 heteroatoms. The van der Waals surface area contributed by atoms with Gasteiger partial charge in [-0.05, 0) is 103 Å². The molecule has 0 spiro atoms. The molecule has 0 saturated carbocycles. The van der Waals surface area contributed by atoms with Crippen LogP contribution >= 0.6 is 59.4 Å². The molecule has 1 amide bonds. The van der Waals surface area contributed by atoms with E-state index in [-0.39, 0.29) is 18.0 Å². The molecule has 0 saturated heterocycles. The SMILES string of the molecule is COc1cccc(CN2Cc3c(cc(Br)c(OCc4ccc(Br)cc4)c3Br)C[C@H]2C(=O)NS(=O)(=O)c2ccc(Cl)c([N+](=O)[O-])c2)c1. The number of ether oxygens (including phenoxy) is 2. The molecular formula is C31H25Br3ClN3O7S. The molecule has 10 nitrogen and oxygen atoms in total. The molecule has 0 bridgehead atoms. The second-order valence-corrected chi connectivity index (χ2v) is 15.0. The Bertz CT molecular complexity index is 1930. The second kappa shape index (κ2) is 14.4. The first kappa shape index (κ1) is 34.3. The summed E-state index contributed by atoms with van der Waals surface area (Å²) >= 11 is 16.6. The van der Waals surface area contributed by atoms with Crippen LogP contribution in [-0.2, 0) is 40.9 Å². The van der Waals surface area contributed by atoms with E-state index in [2.05, 4.69) is 52.5 Å². The number of benzene rings is 4. The number of hydrogen-bond donors (Lipinski definition) is 1. The first-order chi connectivity index (χ1) is 21.9. The molecule has 5 rings (SSSR count). The third-order valence-corrected chi connectivity index (χ3v) is 11.0. The van der Waals surface area contributed by atoms with Crippen molar-refractivity contribution in [3.63, 3.8) is 0 Å². The van der Waals surface area contributed by atoms with Crippen LogP contribution in [-0.4, -0.2) is 37.3 Å². The number of nitrogens with zero attached hydrogens (tertiary/aromatic N) is 2. The number of hydrogen-bond acceptors (Lipinski definition) is 8. The third kappa shape index (κ3) is 7.75. The molecule has 46 heavy (non-hydrogen) atoms. The summed E-state index contributed by atoms with van der Waals surface area (Å²) < 4.78 is 42.6. The van der Waals surface area contributed by atoms with Gasteiger partial charge in [0.15, 0.2) is 0 Å². The highest BCUT2D eigenvalue weighted by Crippen LogP contribution is 2.42. The van der Waals surface area contributed by atoms with Crippen molar-refractivity contribution in [1.29, 1.82) is 0 Å². The van der Waals surface area contributed by atoms with Gasteiger partial charge in [-0.3, -0.25) is 19.8 Å². The Kier molecular flexibility index (Phi) is 10.7. The zero-order chi connectivity index (χ0) is 33.2. The van der Waals surface area contributed by atoms with Crippen molar-refractivity contribution in [2.45, 2.75) is 37.1 Å².